The van der Waals surface area contributed by atoms with E-state index >= 15 is 0 Å². The van der Waals surface area contributed by atoms with E-state index in [1.165, 1.54) is 5.56 Å². The van der Waals surface area contributed by atoms with Gasteiger partial charge in [0.15, 0.2) is 0 Å². The Bertz CT molecular complexity index is 743. The van der Waals surface area contributed by atoms with Gasteiger partial charge in [0.05, 0.1) is 5.54 Å². The Morgan fingerprint density at radius 1 is 1.22 bits per heavy atom. The van der Waals surface area contributed by atoms with Crippen molar-refractivity contribution in [1.82, 2.24) is 20.0 Å². The van der Waals surface area contributed by atoms with Crippen molar-refractivity contribution in [3.63, 3.8) is 0 Å². The highest BCUT2D eigenvalue weighted by atomic mass is 16.2. The number of likely N-dealkylation sites (N-methyl/N-ethyl adjacent to an activating group) is 1. The number of nitrogens with one attached hydrogen (secondary N) is 1. The predicted octanol–water partition coefficient (Wildman–Crippen LogP) is 3.83. The number of rotatable bonds is 7. The molecule has 2 aromatic rings. The Hall–Kier alpha value is -2.14. The van der Waals surface area contributed by atoms with Crippen LogP contribution in [0.2, 0.25) is 0 Å². The summed E-state index contributed by atoms with van der Waals surface area (Å²) < 4.78 is 1.91. The van der Waals surface area contributed by atoms with Crippen LogP contribution >= 0.6 is 0 Å². The first-order valence-electron chi connectivity index (χ1n) is 9.68. The number of nitrogens with zero attached hydrogens (tertiary/aromatic N) is 3. The highest BCUT2D eigenvalue weighted by Crippen LogP contribution is 2.17. The number of aromatic nitrogens is 2. The zero-order valence-electron chi connectivity index (χ0n) is 17.8. The van der Waals surface area contributed by atoms with Gasteiger partial charge in [-0.1, -0.05) is 44.2 Å². The Kier molecular flexibility index (Phi) is 6.82. The lowest BCUT2D eigenvalue weighted by molar-refractivity contribution is 0.0905. The van der Waals surface area contributed by atoms with Gasteiger partial charge in [0.2, 0.25) is 0 Å². The molecule has 0 aliphatic carbocycles. The van der Waals surface area contributed by atoms with Crippen molar-refractivity contribution >= 4 is 5.91 Å². The van der Waals surface area contributed by atoms with Crippen molar-refractivity contribution < 1.29 is 4.79 Å². The third-order valence-electron chi connectivity index (χ3n) is 4.68. The quantitative estimate of drug-likeness (QED) is 0.806. The zero-order valence-corrected chi connectivity index (χ0v) is 17.8. The lowest BCUT2D eigenvalue weighted by Gasteiger charge is -2.27. The molecule has 0 saturated heterocycles. The third kappa shape index (κ3) is 5.93. The summed E-state index contributed by atoms with van der Waals surface area (Å²) in [6.45, 7) is 14.2. The van der Waals surface area contributed by atoms with Crippen LogP contribution in [0.3, 0.4) is 0 Å². The van der Waals surface area contributed by atoms with E-state index < -0.39 is 0 Å². The molecule has 1 aromatic heterocycles. The maximum Gasteiger partial charge on any atom is 0.272 e. The van der Waals surface area contributed by atoms with Crippen LogP contribution in [0.15, 0.2) is 36.4 Å². The van der Waals surface area contributed by atoms with Gasteiger partial charge in [-0.2, -0.15) is 5.10 Å². The van der Waals surface area contributed by atoms with Gasteiger partial charge in [-0.3, -0.25) is 9.48 Å². The highest BCUT2D eigenvalue weighted by molar-refractivity contribution is 5.92. The molecule has 2 rings (SSSR count). The van der Waals surface area contributed by atoms with Crippen molar-refractivity contribution in [3.8, 4) is 0 Å². The second kappa shape index (κ2) is 8.70. The molecule has 1 heterocycles. The van der Waals surface area contributed by atoms with Crippen LogP contribution in [-0.2, 0) is 12.1 Å². The van der Waals surface area contributed by atoms with Crippen LogP contribution in [0.4, 0.5) is 0 Å². The minimum Gasteiger partial charge on any atom is -0.346 e. The van der Waals surface area contributed by atoms with E-state index in [9.17, 15) is 4.79 Å². The molecule has 1 aromatic carbocycles. The second-order valence-electron chi connectivity index (χ2n) is 8.76. The smallest absolute Gasteiger partial charge is 0.272 e. The van der Waals surface area contributed by atoms with E-state index in [0.29, 0.717) is 11.6 Å². The topological polar surface area (TPSA) is 50.2 Å². The number of aryl methyl sites for hydroxylation is 1. The fraction of sp³-hybridized carbons (Fsp3) is 0.545. The molecule has 0 aliphatic heterocycles. The Labute approximate surface area is 163 Å². The second-order valence-corrected chi connectivity index (χ2v) is 8.76. The van der Waals surface area contributed by atoms with Gasteiger partial charge in [0, 0.05) is 24.8 Å². The van der Waals surface area contributed by atoms with Crippen LogP contribution < -0.4 is 5.32 Å². The largest absolute Gasteiger partial charge is 0.346 e. The first-order chi connectivity index (χ1) is 12.6. The molecular weight excluding hydrogens is 336 g/mol. The average Bonchev–Trinajstić information content (AvgIpc) is 2.97. The standard InChI is InChI=1S/C22H34N4O/c1-16(2)20(15-25(7)14-18-11-9-8-10-12-18)23-21(27)19-13-17(3)26(24-19)22(4,5)6/h8-13,16,20H,14-15H2,1-7H3,(H,23,27). The number of amides is 1. The molecule has 27 heavy (non-hydrogen) atoms. The molecule has 1 N–H and O–H groups in total. The first-order valence-corrected chi connectivity index (χ1v) is 9.68. The van der Waals surface area contributed by atoms with Gasteiger partial charge in [-0.05, 0) is 52.3 Å². The minimum absolute atomic E-state index is 0.0614. The zero-order chi connectivity index (χ0) is 20.2. The molecule has 5 heteroatoms. The molecule has 148 valence electrons. The fourth-order valence-electron chi connectivity index (χ4n) is 3.23. The van der Waals surface area contributed by atoms with Crippen LogP contribution in [0.1, 0.15) is 56.4 Å². The maximum atomic E-state index is 12.8. The van der Waals surface area contributed by atoms with Crippen molar-refractivity contribution in [2.24, 2.45) is 5.92 Å². The molecule has 0 aliphatic rings. The lowest BCUT2D eigenvalue weighted by Crippen LogP contribution is -2.45. The van der Waals surface area contributed by atoms with Crippen LogP contribution in [0.25, 0.3) is 0 Å². The summed E-state index contributed by atoms with van der Waals surface area (Å²) in [5.74, 6) is 0.228. The molecule has 1 unspecified atom stereocenters. The fourth-order valence-corrected chi connectivity index (χ4v) is 3.23. The van der Waals surface area contributed by atoms with E-state index in [4.69, 9.17) is 0 Å². The Morgan fingerprint density at radius 2 is 1.85 bits per heavy atom. The first kappa shape index (κ1) is 21.2. The van der Waals surface area contributed by atoms with E-state index in [1.807, 2.05) is 23.7 Å². The van der Waals surface area contributed by atoms with Crippen LogP contribution in [-0.4, -0.2) is 40.2 Å². The van der Waals surface area contributed by atoms with E-state index in [0.717, 1.165) is 18.8 Å². The average molecular weight is 371 g/mol. The van der Waals surface area contributed by atoms with E-state index in [-0.39, 0.29) is 17.5 Å². The number of hydrogen-bond donors (Lipinski definition) is 1. The van der Waals surface area contributed by atoms with Gasteiger partial charge in [0.25, 0.3) is 5.91 Å². The number of carbonyl (C=O) groups is 1. The van der Waals surface area contributed by atoms with Crippen LogP contribution in [0, 0.1) is 12.8 Å². The monoisotopic (exact) mass is 370 g/mol. The number of hydrogen-bond acceptors (Lipinski definition) is 3. The molecule has 0 radical (unpaired) electrons. The molecule has 0 spiro atoms. The van der Waals surface area contributed by atoms with E-state index in [1.54, 1.807) is 0 Å². The molecule has 0 fully saturated rings. The number of benzene rings is 1. The van der Waals surface area contributed by atoms with Gasteiger partial charge in [-0.15, -0.1) is 0 Å². The SMILES string of the molecule is Cc1cc(C(=O)NC(CN(C)Cc2ccccc2)C(C)C)nn1C(C)(C)C. The normalized spacial score (nSPS) is 13.2. The summed E-state index contributed by atoms with van der Waals surface area (Å²) in [7, 11) is 2.09. The molecular formula is C22H34N4O. The van der Waals surface area contributed by atoms with Gasteiger partial charge in [0.1, 0.15) is 5.69 Å². The summed E-state index contributed by atoms with van der Waals surface area (Å²) in [5.41, 5.74) is 2.61. The molecule has 0 bridgehead atoms. The number of carbonyl (C=O) groups excluding carboxylic acids is 1. The predicted molar refractivity (Wildman–Crippen MR) is 111 cm³/mol. The van der Waals surface area contributed by atoms with Crippen molar-refractivity contribution in [2.45, 2.75) is 59.7 Å². The summed E-state index contributed by atoms with van der Waals surface area (Å²) in [4.78, 5) is 15.0. The van der Waals surface area contributed by atoms with E-state index in [2.05, 4.69) is 81.2 Å². The highest BCUT2D eigenvalue weighted by Gasteiger charge is 2.23. The summed E-state index contributed by atoms with van der Waals surface area (Å²) in [6, 6.07) is 12.3. The minimum atomic E-state index is -0.143. The van der Waals surface area contributed by atoms with Gasteiger partial charge < -0.3 is 10.2 Å². The summed E-state index contributed by atoms with van der Waals surface area (Å²) in [6.07, 6.45) is 0. The van der Waals surface area contributed by atoms with Crippen molar-refractivity contribution in [2.75, 3.05) is 13.6 Å². The summed E-state index contributed by atoms with van der Waals surface area (Å²) in [5, 5.41) is 7.72. The third-order valence-corrected chi connectivity index (χ3v) is 4.68. The van der Waals surface area contributed by atoms with Crippen molar-refractivity contribution in [1.29, 1.82) is 0 Å². The summed E-state index contributed by atoms with van der Waals surface area (Å²) >= 11 is 0. The lowest BCUT2D eigenvalue weighted by atomic mass is 10.0. The Morgan fingerprint density at radius 3 is 2.37 bits per heavy atom. The molecule has 1 amide bonds. The van der Waals surface area contributed by atoms with Gasteiger partial charge in [-0.25, -0.2) is 0 Å². The molecule has 5 nitrogen and oxygen atoms in total. The van der Waals surface area contributed by atoms with Crippen molar-refractivity contribution in [3.05, 3.63) is 53.3 Å². The Balaban J connectivity index is 2.04. The molecule has 1 atom stereocenters. The van der Waals surface area contributed by atoms with Crippen LogP contribution in [0.5, 0.6) is 0 Å². The molecule has 0 saturated carbocycles. The maximum absolute atomic E-state index is 12.8. The van der Waals surface area contributed by atoms with Gasteiger partial charge >= 0.3 is 0 Å².